The van der Waals surface area contributed by atoms with Crippen molar-refractivity contribution in [2.75, 3.05) is 6.54 Å². The van der Waals surface area contributed by atoms with Crippen LogP contribution in [0, 0.1) is 17.5 Å². The van der Waals surface area contributed by atoms with E-state index < -0.39 is 11.6 Å². The van der Waals surface area contributed by atoms with Crippen molar-refractivity contribution in [1.29, 1.82) is 0 Å². The zero-order chi connectivity index (χ0) is 13.7. The van der Waals surface area contributed by atoms with Gasteiger partial charge in [-0.1, -0.05) is 24.3 Å². The zero-order valence-corrected chi connectivity index (χ0v) is 10.3. The number of benzene rings is 2. The first kappa shape index (κ1) is 13.6. The molecule has 0 amide bonds. The Morgan fingerprint density at radius 1 is 0.895 bits per heavy atom. The topological polar surface area (TPSA) is 12.0 Å². The first-order valence-electron chi connectivity index (χ1n) is 6.05. The van der Waals surface area contributed by atoms with Gasteiger partial charge in [-0.3, -0.25) is 0 Å². The third-order valence-corrected chi connectivity index (χ3v) is 2.85. The van der Waals surface area contributed by atoms with Crippen molar-refractivity contribution in [1.82, 2.24) is 5.32 Å². The van der Waals surface area contributed by atoms with E-state index in [2.05, 4.69) is 5.32 Å². The smallest absolute Gasteiger partial charge is 0.163 e. The molecule has 0 bridgehead atoms. The molecule has 2 rings (SSSR count). The van der Waals surface area contributed by atoms with Gasteiger partial charge in [0.2, 0.25) is 0 Å². The molecule has 0 aliphatic carbocycles. The van der Waals surface area contributed by atoms with Gasteiger partial charge in [-0.25, -0.2) is 13.2 Å². The van der Waals surface area contributed by atoms with Crippen LogP contribution in [0.2, 0.25) is 0 Å². The fraction of sp³-hybridized carbons (Fsp3) is 0.200. The molecule has 0 saturated carbocycles. The fourth-order valence-electron chi connectivity index (χ4n) is 1.79. The lowest BCUT2D eigenvalue weighted by molar-refractivity contribution is 0.493. The highest BCUT2D eigenvalue weighted by Gasteiger charge is 2.06. The van der Waals surface area contributed by atoms with Gasteiger partial charge >= 0.3 is 0 Å². The third-order valence-electron chi connectivity index (χ3n) is 2.85. The molecule has 1 N–H and O–H groups in total. The van der Waals surface area contributed by atoms with E-state index in [1.54, 1.807) is 18.2 Å². The Morgan fingerprint density at radius 3 is 2.37 bits per heavy atom. The highest BCUT2D eigenvalue weighted by Crippen LogP contribution is 2.10. The second-order valence-electron chi connectivity index (χ2n) is 4.27. The van der Waals surface area contributed by atoms with Crippen LogP contribution in [0.1, 0.15) is 11.1 Å². The van der Waals surface area contributed by atoms with E-state index in [-0.39, 0.29) is 12.4 Å². The minimum absolute atomic E-state index is 0.265. The molecule has 100 valence electrons. The molecular formula is C15H14F3N. The van der Waals surface area contributed by atoms with Crippen molar-refractivity contribution in [2.45, 2.75) is 13.0 Å². The van der Waals surface area contributed by atoms with E-state index >= 15 is 0 Å². The predicted molar refractivity (Wildman–Crippen MR) is 68.2 cm³/mol. The molecule has 1 nitrogen and oxygen atoms in total. The number of hydrogen-bond donors (Lipinski definition) is 1. The number of hydrogen-bond acceptors (Lipinski definition) is 1. The molecule has 0 saturated heterocycles. The third kappa shape index (κ3) is 3.83. The molecule has 0 fully saturated rings. The minimum Gasteiger partial charge on any atom is -0.312 e. The van der Waals surface area contributed by atoms with Gasteiger partial charge in [-0.2, -0.15) is 0 Å². The molecule has 0 spiro atoms. The van der Waals surface area contributed by atoms with Gasteiger partial charge < -0.3 is 5.32 Å². The van der Waals surface area contributed by atoms with Gasteiger partial charge in [-0.15, -0.1) is 0 Å². The summed E-state index contributed by atoms with van der Waals surface area (Å²) in [5, 5.41) is 3.03. The van der Waals surface area contributed by atoms with Crippen molar-refractivity contribution >= 4 is 0 Å². The van der Waals surface area contributed by atoms with Gasteiger partial charge in [0.05, 0.1) is 0 Å². The average Bonchev–Trinajstić information content (AvgIpc) is 2.41. The minimum atomic E-state index is -0.835. The van der Waals surface area contributed by atoms with Gasteiger partial charge in [0.15, 0.2) is 11.6 Å². The first-order valence-corrected chi connectivity index (χ1v) is 6.05. The van der Waals surface area contributed by atoms with E-state index in [1.165, 1.54) is 18.2 Å². The predicted octanol–water partition coefficient (Wildman–Crippen LogP) is 3.44. The Morgan fingerprint density at radius 2 is 1.63 bits per heavy atom. The normalized spacial score (nSPS) is 10.7. The first-order chi connectivity index (χ1) is 9.16. The SMILES string of the molecule is Fc1ccc(CCNCc2cccc(F)c2F)cc1. The summed E-state index contributed by atoms with van der Waals surface area (Å²) in [7, 11) is 0. The molecule has 0 unspecified atom stereocenters. The van der Waals surface area contributed by atoms with E-state index in [4.69, 9.17) is 0 Å². The number of halogens is 3. The van der Waals surface area contributed by atoms with E-state index in [0.29, 0.717) is 18.5 Å². The van der Waals surface area contributed by atoms with Crippen molar-refractivity contribution in [3.63, 3.8) is 0 Å². The molecule has 0 radical (unpaired) electrons. The summed E-state index contributed by atoms with van der Waals surface area (Å²) < 4.78 is 39.0. The maximum Gasteiger partial charge on any atom is 0.163 e. The Bertz CT molecular complexity index is 538. The van der Waals surface area contributed by atoms with Crippen LogP contribution in [0.15, 0.2) is 42.5 Å². The Kier molecular flexibility index (Phi) is 4.58. The van der Waals surface area contributed by atoms with Crippen LogP contribution in [-0.2, 0) is 13.0 Å². The van der Waals surface area contributed by atoms with Crippen LogP contribution in [0.4, 0.5) is 13.2 Å². The second-order valence-corrected chi connectivity index (χ2v) is 4.27. The maximum atomic E-state index is 13.3. The van der Waals surface area contributed by atoms with Crippen molar-refractivity contribution in [2.24, 2.45) is 0 Å². The average molecular weight is 265 g/mol. The van der Waals surface area contributed by atoms with Crippen LogP contribution in [0.25, 0.3) is 0 Å². The van der Waals surface area contributed by atoms with E-state index in [1.807, 2.05) is 0 Å². The van der Waals surface area contributed by atoms with Gasteiger partial charge in [0, 0.05) is 12.1 Å². The zero-order valence-electron chi connectivity index (χ0n) is 10.3. The quantitative estimate of drug-likeness (QED) is 0.817. The highest BCUT2D eigenvalue weighted by atomic mass is 19.2. The standard InChI is InChI=1S/C15H14F3N/c16-13-6-4-11(5-7-13)8-9-19-10-12-2-1-3-14(17)15(12)18/h1-7,19H,8-10H2. The summed E-state index contributed by atoms with van der Waals surface area (Å²) in [6.07, 6.45) is 0.706. The largest absolute Gasteiger partial charge is 0.312 e. The summed E-state index contributed by atoms with van der Waals surface area (Å²) in [5.41, 5.74) is 1.30. The lowest BCUT2D eigenvalue weighted by Crippen LogP contribution is -2.17. The van der Waals surface area contributed by atoms with Crippen LogP contribution >= 0.6 is 0 Å². The van der Waals surface area contributed by atoms with Gasteiger partial charge in [0.1, 0.15) is 5.82 Å². The molecule has 0 atom stereocenters. The van der Waals surface area contributed by atoms with Crippen LogP contribution in [-0.4, -0.2) is 6.54 Å². The monoisotopic (exact) mass is 265 g/mol. The number of nitrogens with one attached hydrogen (secondary N) is 1. The molecule has 2 aromatic rings. The molecule has 2 aromatic carbocycles. The maximum absolute atomic E-state index is 13.3. The van der Waals surface area contributed by atoms with Crippen molar-refractivity contribution in [3.05, 3.63) is 71.0 Å². The second kappa shape index (κ2) is 6.38. The summed E-state index contributed by atoms with van der Waals surface area (Å²) in [6.45, 7) is 0.881. The Balaban J connectivity index is 1.81. The molecule has 0 aliphatic rings. The van der Waals surface area contributed by atoms with Crippen LogP contribution in [0.3, 0.4) is 0 Å². The molecule has 0 heterocycles. The van der Waals surface area contributed by atoms with Crippen LogP contribution < -0.4 is 5.32 Å². The lowest BCUT2D eigenvalue weighted by Gasteiger charge is -2.06. The summed E-state index contributed by atoms with van der Waals surface area (Å²) >= 11 is 0. The van der Waals surface area contributed by atoms with Crippen LogP contribution in [0.5, 0.6) is 0 Å². The molecule has 19 heavy (non-hydrogen) atoms. The summed E-state index contributed by atoms with van der Waals surface area (Å²) in [6, 6.07) is 10.3. The Labute approximate surface area is 110 Å². The summed E-state index contributed by atoms with van der Waals surface area (Å²) in [5.74, 6) is -1.91. The fourth-order valence-corrected chi connectivity index (χ4v) is 1.79. The molecular weight excluding hydrogens is 251 g/mol. The molecule has 0 aromatic heterocycles. The molecule has 4 heteroatoms. The lowest BCUT2D eigenvalue weighted by atomic mass is 10.1. The Hall–Kier alpha value is -1.81. The van der Waals surface area contributed by atoms with Gasteiger partial charge in [-0.05, 0) is 36.7 Å². The van der Waals surface area contributed by atoms with E-state index in [0.717, 1.165) is 11.6 Å². The summed E-state index contributed by atoms with van der Waals surface area (Å²) in [4.78, 5) is 0. The van der Waals surface area contributed by atoms with E-state index in [9.17, 15) is 13.2 Å². The molecule has 0 aliphatic heterocycles. The van der Waals surface area contributed by atoms with Gasteiger partial charge in [0.25, 0.3) is 0 Å². The van der Waals surface area contributed by atoms with Crippen molar-refractivity contribution < 1.29 is 13.2 Å². The number of rotatable bonds is 5. The highest BCUT2D eigenvalue weighted by molar-refractivity contribution is 5.19. The van der Waals surface area contributed by atoms with Crippen molar-refractivity contribution in [3.8, 4) is 0 Å².